The maximum absolute atomic E-state index is 12.1. The SMILES string of the molecule is O=C1COC2(CCCNCC2)CN1c1ccc(Cl)cc1. The molecule has 1 amide bonds. The Balaban J connectivity index is 1.82. The summed E-state index contributed by atoms with van der Waals surface area (Å²) < 4.78 is 5.92. The van der Waals surface area contributed by atoms with Gasteiger partial charge in [0.25, 0.3) is 5.91 Å². The minimum absolute atomic E-state index is 0.0233. The number of hydrogen-bond acceptors (Lipinski definition) is 3. The molecule has 1 aromatic rings. The van der Waals surface area contributed by atoms with Gasteiger partial charge < -0.3 is 15.0 Å². The molecule has 2 aliphatic heterocycles. The Labute approximate surface area is 124 Å². The van der Waals surface area contributed by atoms with Gasteiger partial charge >= 0.3 is 0 Å². The molecule has 0 bridgehead atoms. The summed E-state index contributed by atoms with van der Waals surface area (Å²) in [6.45, 7) is 2.78. The van der Waals surface area contributed by atoms with Crippen LogP contribution in [-0.4, -0.2) is 37.7 Å². The molecule has 2 saturated heterocycles. The number of anilines is 1. The first-order valence-electron chi connectivity index (χ1n) is 7.09. The highest BCUT2D eigenvalue weighted by molar-refractivity contribution is 6.30. The molecule has 0 aromatic heterocycles. The summed E-state index contributed by atoms with van der Waals surface area (Å²) in [7, 11) is 0. The van der Waals surface area contributed by atoms with Gasteiger partial charge in [0, 0.05) is 10.7 Å². The van der Waals surface area contributed by atoms with Crippen molar-refractivity contribution in [2.75, 3.05) is 31.1 Å². The summed E-state index contributed by atoms with van der Waals surface area (Å²) in [5.74, 6) is 0.0233. The zero-order chi connectivity index (χ0) is 14.0. The quantitative estimate of drug-likeness (QED) is 0.863. The molecular formula is C15H19ClN2O2. The van der Waals surface area contributed by atoms with Crippen LogP contribution in [-0.2, 0) is 9.53 Å². The molecule has 20 heavy (non-hydrogen) atoms. The zero-order valence-electron chi connectivity index (χ0n) is 11.4. The minimum Gasteiger partial charge on any atom is -0.363 e. The third-order valence-electron chi connectivity index (χ3n) is 4.13. The number of carbonyl (C=O) groups is 1. The maximum atomic E-state index is 12.1. The molecule has 1 spiro atoms. The van der Waals surface area contributed by atoms with Crippen molar-refractivity contribution in [3.8, 4) is 0 Å². The number of rotatable bonds is 1. The van der Waals surface area contributed by atoms with Crippen LogP contribution < -0.4 is 10.2 Å². The minimum atomic E-state index is -0.197. The zero-order valence-corrected chi connectivity index (χ0v) is 12.2. The van der Waals surface area contributed by atoms with Crippen molar-refractivity contribution >= 4 is 23.2 Å². The van der Waals surface area contributed by atoms with Gasteiger partial charge in [-0.25, -0.2) is 0 Å². The number of benzene rings is 1. The van der Waals surface area contributed by atoms with E-state index in [0.29, 0.717) is 11.6 Å². The maximum Gasteiger partial charge on any atom is 0.253 e. The van der Waals surface area contributed by atoms with Crippen molar-refractivity contribution < 1.29 is 9.53 Å². The Kier molecular flexibility index (Phi) is 3.96. The van der Waals surface area contributed by atoms with Gasteiger partial charge in [0.2, 0.25) is 0 Å². The lowest BCUT2D eigenvalue weighted by atomic mass is 9.92. The summed E-state index contributed by atoms with van der Waals surface area (Å²) in [5, 5.41) is 4.07. The number of halogens is 1. The third kappa shape index (κ3) is 2.82. The van der Waals surface area contributed by atoms with Gasteiger partial charge in [0.05, 0.1) is 12.1 Å². The predicted octanol–water partition coefficient (Wildman–Crippen LogP) is 2.22. The summed E-state index contributed by atoms with van der Waals surface area (Å²) in [5.41, 5.74) is 0.705. The Morgan fingerprint density at radius 1 is 1.20 bits per heavy atom. The van der Waals surface area contributed by atoms with E-state index in [1.54, 1.807) is 0 Å². The van der Waals surface area contributed by atoms with Crippen molar-refractivity contribution in [1.29, 1.82) is 0 Å². The van der Waals surface area contributed by atoms with E-state index in [4.69, 9.17) is 16.3 Å². The average Bonchev–Trinajstić information content (AvgIpc) is 2.69. The molecule has 2 heterocycles. The Bertz CT molecular complexity index is 481. The van der Waals surface area contributed by atoms with Gasteiger partial charge in [0.1, 0.15) is 6.61 Å². The first-order chi connectivity index (χ1) is 9.69. The standard InChI is InChI=1S/C15H19ClN2O2/c16-12-2-4-13(5-3-12)18-11-15(20-10-14(18)19)6-1-8-17-9-7-15/h2-5,17H,1,6-11H2. The highest BCUT2D eigenvalue weighted by Gasteiger charge is 2.40. The third-order valence-corrected chi connectivity index (χ3v) is 4.38. The highest BCUT2D eigenvalue weighted by atomic mass is 35.5. The van der Waals surface area contributed by atoms with Gasteiger partial charge in [0.15, 0.2) is 0 Å². The molecule has 5 heteroatoms. The molecule has 0 radical (unpaired) electrons. The van der Waals surface area contributed by atoms with Crippen LogP contribution in [0.15, 0.2) is 24.3 Å². The Morgan fingerprint density at radius 3 is 2.80 bits per heavy atom. The van der Waals surface area contributed by atoms with Crippen molar-refractivity contribution in [1.82, 2.24) is 5.32 Å². The van der Waals surface area contributed by atoms with Crippen LogP contribution in [0.4, 0.5) is 5.69 Å². The second-order valence-electron chi connectivity index (χ2n) is 5.53. The summed E-state index contributed by atoms with van der Waals surface area (Å²) in [4.78, 5) is 14.0. The van der Waals surface area contributed by atoms with Gasteiger partial charge in [-0.1, -0.05) is 11.6 Å². The van der Waals surface area contributed by atoms with E-state index in [1.807, 2.05) is 29.2 Å². The molecular weight excluding hydrogens is 276 g/mol. The molecule has 3 rings (SSSR count). The predicted molar refractivity (Wildman–Crippen MR) is 79.2 cm³/mol. The van der Waals surface area contributed by atoms with Crippen LogP contribution in [0.1, 0.15) is 19.3 Å². The fraction of sp³-hybridized carbons (Fsp3) is 0.533. The Hall–Kier alpha value is -1.10. The van der Waals surface area contributed by atoms with Gasteiger partial charge in [-0.2, -0.15) is 0 Å². The fourth-order valence-corrected chi connectivity index (χ4v) is 3.10. The Morgan fingerprint density at radius 2 is 2.00 bits per heavy atom. The smallest absolute Gasteiger partial charge is 0.253 e. The van der Waals surface area contributed by atoms with E-state index in [0.717, 1.165) is 38.0 Å². The van der Waals surface area contributed by atoms with Crippen LogP contribution in [0.5, 0.6) is 0 Å². The summed E-state index contributed by atoms with van der Waals surface area (Å²) in [6.07, 6.45) is 3.03. The van der Waals surface area contributed by atoms with E-state index >= 15 is 0 Å². The lowest BCUT2D eigenvalue weighted by molar-refractivity contribution is -0.139. The number of amides is 1. The van der Waals surface area contributed by atoms with E-state index in [-0.39, 0.29) is 18.1 Å². The molecule has 1 unspecified atom stereocenters. The first kappa shape index (κ1) is 13.9. The van der Waals surface area contributed by atoms with Crippen LogP contribution in [0.25, 0.3) is 0 Å². The normalized spacial score (nSPS) is 27.6. The largest absolute Gasteiger partial charge is 0.363 e. The molecule has 108 valence electrons. The van der Waals surface area contributed by atoms with Gasteiger partial charge in [-0.3, -0.25) is 4.79 Å². The molecule has 2 fully saturated rings. The molecule has 2 aliphatic rings. The van der Waals surface area contributed by atoms with Crippen LogP contribution >= 0.6 is 11.6 Å². The van der Waals surface area contributed by atoms with E-state index < -0.39 is 0 Å². The molecule has 0 aliphatic carbocycles. The number of morpholine rings is 1. The van der Waals surface area contributed by atoms with Crippen LogP contribution in [0.2, 0.25) is 5.02 Å². The molecule has 0 saturated carbocycles. The van der Waals surface area contributed by atoms with Crippen LogP contribution in [0, 0.1) is 0 Å². The van der Waals surface area contributed by atoms with E-state index in [1.165, 1.54) is 0 Å². The second-order valence-corrected chi connectivity index (χ2v) is 5.97. The number of nitrogens with zero attached hydrogens (tertiary/aromatic N) is 1. The summed E-state index contributed by atoms with van der Waals surface area (Å²) >= 11 is 5.91. The van der Waals surface area contributed by atoms with E-state index in [9.17, 15) is 4.79 Å². The van der Waals surface area contributed by atoms with Crippen molar-refractivity contribution in [2.45, 2.75) is 24.9 Å². The monoisotopic (exact) mass is 294 g/mol. The lowest BCUT2D eigenvalue weighted by Gasteiger charge is -2.42. The van der Waals surface area contributed by atoms with E-state index in [2.05, 4.69) is 5.32 Å². The van der Waals surface area contributed by atoms with Crippen molar-refractivity contribution in [2.24, 2.45) is 0 Å². The lowest BCUT2D eigenvalue weighted by Crippen LogP contribution is -2.55. The number of ether oxygens (including phenoxy) is 1. The highest BCUT2D eigenvalue weighted by Crippen LogP contribution is 2.31. The topological polar surface area (TPSA) is 41.6 Å². The molecule has 1 N–H and O–H groups in total. The number of carbonyl (C=O) groups excluding carboxylic acids is 1. The van der Waals surface area contributed by atoms with Crippen molar-refractivity contribution in [3.63, 3.8) is 0 Å². The first-order valence-corrected chi connectivity index (χ1v) is 7.47. The van der Waals surface area contributed by atoms with Crippen molar-refractivity contribution in [3.05, 3.63) is 29.3 Å². The summed E-state index contributed by atoms with van der Waals surface area (Å²) in [6, 6.07) is 7.43. The number of hydrogen-bond donors (Lipinski definition) is 1. The van der Waals surface area contributed by atoms with Crippen LogP contribution in [0.3, 0.4) is 0 Å². The molecule has 1 aromatic carbocycles. The number of nitrogens with one attached hydrogen (secondary N) is 1. The average molecular weight is 295 g/mol. The van der Waals surface area contributed by atoms with Gasteiger partial charge in [-0.15, -0.1) is 0 Å². The molecule has 1 atom stereocenters. The molecule has 4 nitrogen and oxygen atoms in total. The van der Waals surface area contributed by atoms with Gasteiger partial charge in [-0.05, 0) is 56.6 Å². The fourth-order valence-electron chi connectivity index (χ4n) is 2.98. The second kappa shape index (κ2) is 5.72.